The van der Waals surface area contributed by atoms with Gasteiger partial charge in [0, 0.05) is 5.41 Å². The van der Waals surface area contributed by atoms with Crippen molar-refractivity contribution < 1.29 is 9.90 Å². The van der Waals surface area contributed by atoms with Crippen LogP contribution in [0.5, 0.6) is 0 Å². The smallest absolute Gasteiger partial charge is 0.133 e. The molecule has 0 spiro atoms. The highest BCUT2D eigenvalue weighted by Gasteiger charge is 2.59. The van der Waals surface area contributed by atoms with E-state index in [1.54, 1.807) is 0 Å². The van der Waals surface area contributed by atoms with Crippen LogP contribution in [-0.2, 0) is 4.79 Å². The molecule has 4 aliphatic rings. The lowest BCUT2D eigenvalue weighted by atomic mass is 9.48. The number of aliphatic hydroxyl groups excluding tert-OH is 1. The summed E-state index contributed by atoms with van der Waals surface area (Å²) in [6.45, 7) is 4.59. The first-order valence-electron chi connectivity index (χ1n) is 9.04. The van der Waals surface area contributed by atoms with Crippen LogP contribution in [0.1, 0.15) is 58.8 Å². The van der Waals surface area contributed by atoms with Crippen LogP contribution in [0.3, 0.4) is 0 Å². The van der Waals surface area contributed by atoms with Crippen LogP contribution in [0.2, 0.25) is 5.82 Å². The Labute approximate surface area is 135 Å². The molecule has 118 valence electrons. The monoisotopic (exact) mass is 298 g/mol. The van der Waals surface area contributed by atoms with Gasteiger partial charge in [-0.1, -0.05) is 25.5 Å². The quantitative estimate of drug-likeness (QED) is 0.549. The van der Waals surface area contributed by atoms with Crippen LogP contribution in [0.25, 0.3) is 0 Å². The second-order valence-electron chi connectivity index (χ2n) is 8.82. The number of carbonyl (C=O) groups excluding carboxylic acids is 1. The molecule has 0 bridgehead atoms. The minimum atomic E-state index is -0.236. The van der Waals surface area contributed by atoms with Crippen LogP contribution in [-0.4, -0.2) is 24.8 Å². The molecule has 5 unspecified atom stereocenters. The molecule has 1 N–H and O–H groups in total. The highest BCUT2D eigenvalue weighted by Crippen LogP contribution is 2.65. The summed E-state index contributed by atoms with van der Waals surface area (Å²) in [5.74, 6) is 1.83. The van der Waals surface area contributed by atoms with E-state index in [0.717, 1.165) is 44.9 Å². The molecule has 0 heterocycles. The number of allylic oxidation sites excluding steroid dienone is 1. The van der Waals surface area contributed by atoms with Gasteiger partial charge in [0.1, 0.15) is 5.78 Å². The maximum Gasteiger partial charge on any atom is 0.133 e. The Morgan fingerprint density at radius 3 is 2.68 bits per heavy atom. The molecule has 7 atom stereocenters. The second kappa shape index (κ2) is 4.72. The molecule has 0 aromatic carbocycles. The summed E-state index contributed by atoms with van der Waals surface area (Å²) in [5, 5.41) is 10.0. The van der Waals surface area contributed by atoms with E-state index in [1.165, 1.54) is 5.57 Å². The number of hydrogen-bond donors (Lipinski definition) is 1. The van der Waals surface area contributed by atoms with Crippen LogP contribution in [0.4, 0.5) is 0 Å². The Morgan fingerprint density at radius 2 is 1.91 bits per heavy atom. The van der Waals surface area contributed by atoms with E-state index in [9.17, 15) is 9.90 Å². The number of fused-ring (bicyclic) bond motifs is 5. The van der Waals surface area contributed by atoms with Crippen molar-refractivity contribution in [3.05, 3.63) is 11.6 Å². The first-order chi connectivity index (χ1) is 10.4. The van der Waals surface area contributed by atoms with Gasteiger partial charge < -0.3 is 5.11 Å². The predicted octanol–water partition coefficient (Wildman–Crippen LogP) is 3.45. The fourth-order valence-corrected chi connectivity index (χ4v) is 6.51. The van der Waals surface area contributed by atoms with Crippen LogP contribution < -0.4 is 0 Å². The van der Waals surface area contributed by atoms with E-state index in [2.05, 4.69) is 19.9 Å². The van der Waals surface area contributed by atoms with E-state index in [4.69, 9.17) is 7.85 Å². The Morgan fingerprint density at radius 1 is 1.18 bits per heavy atom. The molecular weight excluding hydrogens is 271 g/mol. The molecule has 0 aromatic heterocycles. The van der Waals surface area contributed by atoms with E-state index in [-0.39, 0.29) is 22.8 Å². The van der Waals surface area contributed by atoms with Gasteiger partial charge in [-0.25, -0.2) is 0 Å². The van der Waals surface area contributed by atoms with Gasteiger partial charge in [-0.2, -0.15) is 0 Å². The maximum atomic E-state index is 12.6. The van der Waals surface area contributed by atoms with Crippen molar-refractivity contribution in [1.82, 2.24) is 0 Å². The third-order valence-electron chi connectivity index (χ3n) is 7.88. The average Bonchev–Trinajstić information content (AvgIpc) is 2.72. The van der Waals surface area contributed by atoms with Crippen molar-refractivity contribution in [3.8, 4) is 0 Å². The third kappa shape index (κ3) is 1.81. The molecule has 2 nitrogen and oxygen atoms in total. The molecule has 0 aromatic rings. The van der Waals surface area contributed by atoms with Crippen LogP contribution in [0.15, 0.2) is 11.6 Å². The molecule has 3 fully saturated rings. The van der Waals surface area contributed by atoms with Crippen molar-refractivity contribution in [2.24, 2.45) is 28.6 Å². The summed E-state index contributed by atoms with van der Waals surface area (Å²) >= 11 is 0. The van der Waals surface area contributed by atoms with Gasteiger partial charge >= 0.3 is 0 Å². The van der Waals surface area contributed by atoms with E-state index in [0.29, 0.717) is 23.5 Å². The Hall–Kier alpha value is -0.565. The fraction of sp³-hybridized carbons (Fsp3) is 0.842. The third-order valence-corrected chi connectivity index (χ3v) is 7.88. The number of rotatable bonds is 0. The Bertz CT molecular complexity index is 542. The van der Waals surface area contributed by atoms with Crippen molar-refractivity contribution in [3.63, 3.8) is 0 Å². The normalized spacial score (nSPS) is 54.2. The van der Waals surface area contributed by atoms with Gasteiger partial charge in [0.15, 0.2) is 0 Å². The van der Waals surface area contributed by atoms with Gasteiger partial charge in [-0.05, 0) is 73.9 Å². The van der Waals surface area contributed by atoms with Gasteiger partial charge in [0.2, 0.25) is 0 Å². The first kappa shape index (κ1) is 15.0. The SMILES string of the molecule is [B][C@@H]1CC2C3CC=C4C[C@H](O)CCC4(C)C3CCC2(C)C1=O. The largest absolute Gasteiger partial charge is 0.393 e. The van der Waals surface area contributed by atoms with Gasteiger partial charge in [0.25, 0.3) is 0 Å². The summed E-state index contributed by atoms with van der Waals surface area (Å²) in [5.41, 5.74) is 1.57. The fourth-order valence-electron chi connectivity index (χ4n) is 6.51. The topological polar surface area (TPSA) is 37.3 Å². The minimum Gasteiger partial charge on any atom is -0.393 e. The molecular formula is C19H27BO2. The first-order valence-corrected chi connectivity index (χ1v) is 9.04. The standard InChI is InChI=1S/C19H27BO2/c1-18-7-5-12(21)9-11(18)3-4-13-14(18)6-8-19(2)15(13)10-16(20)17(19)22/h3,12-16,21H,4-10H2,1-2H3/t12-,13?,14?,15?,16-,18?,19?/m1/s1. The van der Waals surface area contributed by atoms with E-state index < -0.39 is 0 Å². The lowest BCUT2D eigenvalue weighted by Crippen LogP contribution is -2.50. The van der Waals surface area contributed by atoms with E-state index in [1.807, 2.05) is 0 Å². The summed E-state index contributed by atoms with van der Waals surface area (Å²) in [4.78, 5) is 12.6. The molecule has 0 saturated heterocycles. The summed E-state index contributed by atoms with van der Waals surface area (Å²) in [6, 6.07) is 0. The molecule has 3 saturated carbocycles. The number of hydrogen-bond acceptors (Lipinski definition) is 2. The highest BCUT2D eigenvalue weighted by molar-refractivity contribution is 6.26. The van der Waals surface area contributed by atoms with Crippen molar-refractivity contribution in [1.29, 1.82) is 0 Å². The van der Waals surface area contributed by atoms with Gasteiger partial charge in [0.05, 0.1) is 14.0 Å². The molecule has 3 heteroatoms. The number of carbonyl (C=O) groups is 1. The second-order valence-corrected chi connectivity index (χ2v) is 8.82. The molecule has 4 aliphatic carbocycles. The van der Waals surface area contributed by atoms with Crippen molar-refractivity contribution in [2.45, 2.75) is 70.7 Å². The summed E-state index contributed by atoms with van der Waals surface area (Å²) < 4.78 is 0. The number of Topliss-reactive ketones (excluding diaryl/α,β-unsaturated/α-hetero) is 1. The summed E-state index contributed by atoms with van der Waals surface area (Å²) in [6.07, 6.45) is 9.29. The number of aliphatic hydroxyl groups is 1. The van der Waals surface area contributed by atoms with Gasteiger partial charge in [-0.3, -0.25) is 4.79 Å². The zero-order valence-corrected chi connectivity index (χ0v) is 13.8. The van der Waals surface area contributed by atoms with Crippen molar-refractivity contribution in [2.75, 3.05) is 0 Å². The lowest BCUT2D eigenvalue weighted by Gasteiger charge is -2.56. The van der Waals surface area contributed by atoms with Crippen molar-refractivity contribution >= 4 is 13.6 Å². The van der Waals surface area contributed by atoms with Gasteiger partial charge in [-0.15, -0.1) is 0 Å². The van der Waals surface area contributed by atoms with E-state index >= 15 is 0 Å². The lowest BCUT2D eigenvalue weighted by molar-refractivity contribution is -0.131. The molecule has 0 amide bonds. The zero-order valence-electron chi connectivity index (χ0n) is 13.8. The maximum absolute atomic E-state index is 12.6. The molecule has 2 radical (unpaired) electrons. The Kier molecular flexibility index (Phi) is 3.22. The zero-order chi connectivity index (χ0) is 15.7. The van der Waals surface area contributed by atoms with Crippen LogP contribution >= 0.6 is 0 Å². The minimum absolute atomic E-state index is 0.147. The van der Waals surface area contributed by atoms with Crippen LogP contribution in [0, 0.1) is 28.6 Å². The highest BCUT2D eigenvalue weighted by atomic mass is 16.3. The molecule has 22 heavy (non-hydrogen) atoms. The Balaban J connectivity index is 1.70. The number of ketones is 1. The molecule has 4 rings (SSSR count). The summed E-state index contributed by atoms with van der Waals surface area (Å²) in [7, 11) is 6.13. The molecule has 0 aliphatic heterocycles. The average molecular weight is 298 g/mol. The predicted molar refractivity (Wildman–Crippen MR) is 87.6 cm³/mol.